The smallest absolute Gasteiger partial charge is 0.238 e. The van der Waals surface area contributed by atoms with Crippen molar-refractivity contribution in [2.75, 3.05) is 30.8 Å². The number of nitriles is 1. The molecular weight excluding hydrogens is 375 g/mol. The number of carbonyl (C=O) groups is 2. The third kappa shape index (κ3) is 6.05. The molecule has 6 nitrogen and oxygen atoms in total. The predicted octanol–water partition coefficient (Wildman–Crippen LogP) is 3.37. The molecule has 2 aromatic rings. The fourth-order valence-electron chi connectivity index (χ4n) is 2.16. The molecule has 0 aromatic heterocycles. The zero-order valence-electron chi connectivity index (χ0n) is 13.9. The Hall–Kier alpha value is -2.59. The van der Waals surface area contributed by atoms with Crippen LogP contribution in [0.1, 0.15) is 5.56 Å². The van der Waals surface area contributed by atoms with Crippen LogP contribution >= 0.6 is 23.2 Å². The van der Waals surface area contributed by atoms with Gasteiger partial charge in [-0.2, -0.15) is 5.26 Å². The molecule has 0 aliphatic carbocycles. The average Bonchev–Trinajstić information content (AvgIpc) is 2.56. The lowest BCUT2D eigenvalue weighted by atomic mass is 10.2. The van der Waals surface area contributed by atoms with E-state index in [0.717, 1.165) is 0 Å². The van der Waals surface area contributed by atoms with Gasteiger partial charge in [-0.3, -0.25) is 14.5 Å². The van der Waals surface area contributed by atoms with Crippen molar-refractivity contribution in [2.45, 2.75) is 0 Å². The van der Waals surface area contributed by atoms with Gasteiger partial charge in [0.05, 0.1) is 23.7 Å². The molecule has 134 valence electrons. The van der Waals surface area contributed by atoms with Crippen LogP contribution in [0, 0.1) is 11.3 Å². The number of hydrogen-bond donors (Lipinski definition) is 2. The summed E-state index contributed by atoms with van der Waals surface area (Å²) in [6.45, 7) is 0.0653. The van der Waals surface area contributed by atoms with Crippen molar-refractivity contribution in [1.29, 1.82) is 5.26 Å². The maximum absolute atomic E-state index is 12.1. The standard InChI is InChI=1S/C18H16Cl2N4O2/c1-24(10-17(25)22-14-6-3-13(19)4-7-14)11-18(26)23-15-5-2-12(9-21)16(20)8-15/h2-8H,10-11H2,1H3,(H,22,25)(H,23,26). The summed E-state index contributed by atoms with van der Waals surface area (Å²) in [5.41, 5.74) is 1.45. The zero-order chi connectivity index (χ0) is 19.1. The summed E-state index contributed by atoms with van der Waals surface area (Å²) in [7, 11) is 1.66. The van der Waals surface area contributed by atoms with Gasteiger partial charge in [-0.05, 0) is 49.5 Å². The molecule has 0 unspecified atom stereocenters. The highest BCUT2D eigenvalue weighted by Gasteiger charge is 2.12. The quantitative estimate of drug-likeness (QED) is 0.791. The molecule has 0 bridgehead atoms. The SMILES string of the molecule is CN(CC(=O)Nc1ccc(Cl)cc1)CC(=O)Nc1ccc(C#N)c(Cl)c1. The van der Waals surface area contributed by atoms with Crippen LogP contribution in [-0.4, -0.2) is 36.9 Å². The van der Waals surface area contributed by atoms with Crippen LogP contribution in [0.3, 0.4) is 0 Å². The van der Waals surface area contributed by atoms with Gasteiger partial charge in [0.2, 0.25) is 11.8 Å². The Bertz CT molecular complexity index is 847. The van der Waals surface area contributed by atoms with Gasteiger partial charge in [0, 0.05) is 16.4 Å². The predicted molar refractivity (Wildman–Crippen MR) is 102 cm³/mol. The van der Waals surface area contributed by atoms with Crippen LogP contribution in [0.25, 0.3) is 0 Å². The summed E-state index contributed by atoms with van der Waals surface area (Å²) in [6, 6.07) is 13.3. The summed E-state index contributed by atoms with van der Waals surface area (Å²) in [4.78, 5) is 25.6. The number of rotatable bonds is 6. The first-order valence-electron chi connectivity index (χ1n) is 7.61. The van der Waals surface area contributed by atoms with Gasteiger partial charge < -0.3 is 10.6 Å². The molecule has 2 rings (SSSR count). The van der Waals surface area contributed by atoms with E-state index < -0.39 is 0 Å². The fourth-order valence-corrected chi connectivity index (χ4v) is 2.51. The van der Waals surface area contributed by atoms with Crippen molar-refractivity contribution in [3.63, 3.8) is 0 Å². The second kappa shape index (κ2) is 9.20. The van der Waals surface area contributed by atoms with Gasteiger partial charge in [-0.25, -0.2) is 0 Å². The van der Waals surface area contributed by atoms with Crippen LogP contribution in [0.5, 0.6) is 0 Å². The molecule has 2 N–H and O–H groups in total. The van der Waals surface area contributed by atoms with Crippen molar-refractivity contribution >= 4 is 46.4 Å². The first-order valence-corrected chi connectivity index (χ1v) is 8.36. The van der Waals surface area contributed by atoms with Gasteiger partial charge in [-0.1, -0.05) is 23.2 Å². The highest BCUT2D eigenvalue weighted by atomic mass is 35.5. The van der Waals surface area contributed by atoms with E-state index in [0.29, 0.717) is 22.0 Å². The van der Waals surface area contributed by atoms with E-state index in [1.807, 2.05) is 6.07 Å². The lowest BCUT2D eigenvalue weighted by Crippen LogP contribution is -2.36. The van der Waals surface area contributed by atoms with E-state index in [-0.39, 0.29) is 29.9 Å². The number of carbonyl (C=O) groups excluding carboxylic acids is 2. The maximum Gasteiger partial charge on any atom is 0.238 e. The Balaban J connectivity index is 1.82. The Morgan fingerprint density at radius 1 is 1.00 bits per heavy atom. The number of amides is 2. The average molecular weight is 391 g/mol. The first kappa shape index (κ1) is 19.7. The molecule has 0 aliphatic heterocycles. The highest BCUT2D eigenvalue weighted by Crippen LogP contribution is 2.20. The van der Waals surface area contributed by atoms with E-state index in [2.05, 4.69) is 10.6 Å². The Kier molecular flexibility index (Phi) is 6.98. The third-order valence-corrected chi connectivity index (χ3v) is 3.89. The summed E-state index contributed by atoms with van der Waals surface area (Å²) < 4.78 is 0. The molecule has 8 heteroatoms. The molecule has 0 fully saturated rings. The van der Waals surface area contributed by atoms with E-state index in [9.17, 15) is 9.59 Å². The molecular formula is C18H16Cl2N4O2. The minimum Gasteiger partial charge on any atom is -0.325 e. The van der Waals surface area contributed by atoms with Crippen LogP contribution in [0.2, 0.25) is 10.0 Å². The summed E-state index contributed by atoms with van der Waals surface area (Å²) >= 11 is 11.7. The molecule has 2 amide bonds. The summed E-state index contributed by atoms with van der Waals surface area (Å²) in [5, 5.41) is 15.1. The van der Waals surface area contributed by atoms with E-state index >= 15 is 0 Å². The Labute approximate surface area is 161 Å². The van der Waals surface area contributed by atoms with Crippen LogP contribution in [-0.2, 0) is 9.59 Å². The molecule has 0 saturated heterocycles. The summed E-state index contributed by atoms with van der Waals surface area (Å²) in [5.74, 6) is -0.545. The highest BCUT2D eigenvalue weighted by molar-refractivity contribution is 6.32. The van der Waals surface area contributed by atoms with Gasteiger partial charge in [0.1, 0.15) is 6.07 Å². The second-order valence-corrected chi connectivity index (χ2v) is 6.43. The van der Waals surface area contributed by atoms with Crippen molar-refractivity contribution < 1.29 is 9.59 Å². The normalized spacial score (nSPS) is 10.3. The number of halogens is 2. The maximum atomic E-state index is 12.1. The lowest BCUT2D eigenvalue weighted by Gasteiger charge is -2.16. The van der Waals surface area contributed by atoms with Crippen LogP contribution in [0.4, 0.5) is 11.4 Å². The van der Waals surface area contributed by atoms with Gasteiger partial charge >= 0.3 is 0 Å². The van der Waals surface area contributed by atoms with Crippen LogP contribution in [0.15, 0.2) is 42.5 Å². The Morgan fingerprint density at radius 3 is 2.08 bits per heavy atom. The number of nitrogens with one attached hydrogen (secondary N) is 2. The van der Waals surface area contributed by atoms with Crippen molar-refractivity contribution in [3.8, 4) is 6.07 Å². The number of likely N-dealkylation sites (N-methyl/N-ethyl adjacent to an activating group) is 1. The van der Waals surface area contributed by atoms with Gasteiger partial charge in [-0.15, -0.1) is 0 Å². The number of hydrogen-bond acceptors (Lipinski definition) is 4. The molecule has 0 spiro atoms. The Morgan fingerprint density at radius 2 is 1.54 bits per heavy atom. The summed E-state index contributed by atoms with van der Waals surface area (Å²) in [6.07, 6.45) is 0. The minimum absolute atomic E-state index is 0.0195. The molecule has 0 radical (unpaired) electrons. The third-order valence-electron chi connectivity index (χ3n) is 3.33. The number of nitrogens with zero attached hydrogens (tertiary/aromatic N) is 2. The largest absolute Gasteiger partial charge is 0.325 e. The van der Waals surface area contributed by atoms with Crippen molar-refractivity contribution in [3.05, 3.63) is 58.1 Å². The molecule has 0 aliphatic rings. The number of anilines is 2. The molecule has 0 heterocycles. The van der Waals surface area contributed by atoms with Gasteiger partial charge in [0.25, 0.3) is 0 Å². The fraction of sp³-hybridized carbons (Fsp3) is 0.167. The molecule has 26 heavy (non-hydrogen) atoms. The van der Waals surface area contributed by atoms with Crippen LogP contribution < -0.4 is 10.6 Å². The van der Waals surface area contributed by atoms with E-state index in [1.165, 1.54) is 12.1 Å². The second-order valence-electron chi connectivity index (χ2n) is 5.58. The minimum atomic E-state index is -0.299. The zero-order valence-corrected chi connectivity index (χ0v) is 15.4. The van der Waals surface area contributed by atoms with E-state index in [1.54, 1.807) is 42.3 Å². The molecule has 2 aromatic carbocycles. The number of benzene rings is 2. The molecule has 0 atom stereocenters. The van der Waals surface area contributed by atoms with Gasteiger partial charge in [0.15, 0.2) is 0 Å². The monoisotopic (exact) mass is 390 g/mol. The topological polar surface area (TPSA) is 85.2 Å². The van der Waals surface area contributed by atoms with Crippen molar-refractivity contribution in [2.24, 2.45) is 0 Å². The first-order chi connectivity index (χ1) is 12.4. The van der Waals surface area contributed by atoms with Crippen molar-refractivity contribution in [1.82, 2.24) is 4.90 Å². The van der Waals surface area contributed by atoms with E-state index in [4.69, 9.17) is 28.5 Å². The lowest BCUT2D eigenvalue weighted by molar-refractivity contribution is -0.119. The molecule has 0 saturated carbocycles.